The van der Waals surface area contributed by atoms with Crippen LogP contribution in [-0.2, 0) is 9.59 Å². The fourth-order valence-corrected chi connectivity index (χ4v) is 10.4. The van der Waals surface area contributed by atoms with Gasteiger partial charge in [0.15, 0.2) is 0 Å². The maximum absolute atomic E-state index is 15.7. The number of nitriles is 1. The number of benzene rings is 3. The molecule has 3 aromatic rings. The molecule has 5 amide bonds. The van der Waals surface area contributed by atoms with Gasteiger partial charge in [0.05, 0.1) is 27.4 Å². The fraction of sp³-hybridized carbons (Fsp3) is 0.467. The van der Waals surface area contributed by atoms with Crippen LogP contribution < -0.4 is 20.0 Å². The maximum atomic E-state index is 15.7. The van der Waals surface area contributed by atoms with Crippen molar-refractivity contribution in [1.29, 1.82) is 5.26 Å². The van der Waals surface area contributed by atoms with E-state index in [1.807, 2.05) is 23.1 Å². The van der Waals surface area contributed by atoms with E-state index in [2.05, 4.69) is 31.0 Å². The van der Waals surface area contributed by atoms with E-state index in [1.54, 1.807) is 30.3 Å². The number of piperazine rings is 1. The molecule has 6 aliphatic heterocycles. The minimum Gasteiger partial charge on any atom is -0.371 e. The molecule has 15 heteroatoms. The number of halogens is 2. The van der Waals surface area contributed by atoms with Crippen molar-refractivity contribution >= 4 is 58.2 Å². The monoisotopic (exact) mass is 834 g/mol. The van der Waals surface area contributed by atoms with Crippen LogP contribution >= 0.6 is 11.6 Å². The van der Waals surface area contributed by atoms with Gasteiger partial charge in [-0.15, -0.1) is 0 Å². The molecule has 0 bridgehead atoms. The van der Waals surface area contributed by atoms with Gasteiger partial charge in [-0.2, -0.15) is 5.26 Å². The number of hydrogen-bond donors (Lipinski definition) is 1. The summed E-state index contributed by atoms with van der Waals surface area (Å²) in [5.74, 6) is -2.06. The second kappa shape index (κ2) is 16.2. The zero-order valence-electron chi connectivity index (χ0n) is 33.5. The third kappa shape index (κ3) is 7.58. The number of imide groups is 2. The third-order valence-electron chi connectivity index (χ3n) is 13.8. The maximum Gasteiger partial charge on any atom is 0.262 e. The summed E-state index contributed by atoms with van der Waals surface area (Å²) in [5.41, 5.74) is 4.01. The Morgan fingerprint density at radius 3 is 2.15 bits per heavy atom. The van der Waals surface area contributed by atoms with Crippen LogP contribution in [0.1, 0.15) is 81.6 Å². The quantitative estimate of drug-likeness (QED) is 0.327. The van der Waals surface area contributed by atoms with Gasteiger partial charge in [0.25, 0.3) is 17.7 Å². The molecular formula is C45H48ClFN8O5. The van der Waals surface area contributed by atoms with Crippen LogP contribution in [0.15, 0.2) is 54.6 Å². The number of nitrogens with one attached hydrogen (secondary N) is 1. The van der Waals surface area contributed by atoms with Crippen molar-refractivity contribution in [2.75, 3.05) is 86.7 Å². The lowest BCUT2D eigenvalue weighted by atomic mass is 9.77. The van der Waals surface area contributed by atoms with Crippen LogP contribution in [0.5, 0.6) is 0 Å². The van der Waals surface area contributed by atoms with E-state index < -0.39 is 29.7 Å². The van der Waals surface area contributed by atoms with E-state index in [9.17, 15) is 29.2 Å². The molecule has 1 spiro atoms. The molecule has 312 valence electrons. The second-order valence-corrected chi connectivity index (χ2v) is 17.7. The van der Waals surface area contributed by atoms with Crippen molar-refractivity contribution in [3.05, 3.63) is 87.7 Å². The average molecular weight is 835 g/mol. The number of piperidine rings is 3. The van der Waals surface area contributed by atoms with Crippen molar-refractivity contribution in [3.8, 4) is 6.07 Å². The number of anilines is 3. The van der Waals surface area contributed by atoms with E-state index >= 15 is 4.39 Å². The summed E-state index contributed by atoms with van der Waals surface area (Å²) < 4.78 is 15.7. The summed E-state index contributed by atoms with van der Waals surface area (Å²) in [6, 6.07) is 16.9. The molecule has 3 aromatic carbocycles. The number of amides is 5. The molecule has 0 aromatic heterocycles. The van der Waals surface area contributed by atoms with E-state index in [4.69, 9.17) is 11.6 Å². The number of fused-ring (bicyclic) bond motifs is 1. The second-order valence-electron chi connectivity index (χ2n) is 17.3. The highest BCUT2D eigenvalue weighted by Crippen LogP contribution is 2.43. The molecule has 0 radical (unpaired) electrons. The van der Waals surface area contributed by atoms with E-state index in [0.717, 1.165) is 107 Å². The predicted octanol–water partition coefficient (Wildman–Crippen LogP) is 4.92. The van der Waals surface area contributed by atoms with Crippen molar-refractivity contribution in [3.63, 3.8) is 0 Å². The van der Waals surface area contributed by atoms with Crippen molar-refractivity contribution in [2.24, 2.45) is 11.3 Å². The first-order valence-corrected chi connectivity index (χ1v) is 21.5. The Hall–Kier alpha value is -5.52. The molecular weight excluding hydrogens is 787 g/mol. The standard InChI is InChI=1S/C45H48ClFN8O5/c46-36-25-33(3-1-31(36)26-48)54-18-13-45(28-54)11-16-52(17-12-45)38-6-2-30(23-37(38)47)42(58)53-21-19-50(20-22-53)27-29-9-14-51(15-10-29)32-4-5-34-35(24-32)44(60)55(43(34)59)39-7-8-40(56)49-41(39)57/h1-6,23-25,29,39H,7-22,27-28H2,(H,49,56,57). The Kier molecular flexibility index (Phi) is 10.7. The van der Waals surface area contributed by atoms with Crippen LogP contribution in [0, 0.1) is 28.5 Å². The SMILES string of the molecule is N#Cc1ccc(N2CCC3(CCN(c4ccc(C(=O)N5CCN(CC6CCN(c7ccc8c(c7)C(=O)N(C7CCC(=O)NC7=O)C8=O)CC6)CC5)cc4F)CC3)C2)cc1Cl. The molecule has 5 saturated heterocycles. The topological polar surface area (TPSA) is 141 Å². The molecule has 1 unspecified atom stereocenters. The number of nitrogens with zero attached hydrogens (tertiary/aromatic N) is 7. The number of hydrogen-bond acceptors (Lipinski definition) is 10. The Bertz CT molecular complexity index is 2290. The van der Waals surface area contributed by atoms with Crippen LogP contribution in [0.2, 0.25) is 5.02 Å². The minimum atomic E-state index is -0.988. The molecule has 1 N–H and O–H groups in total. The summed E-state index contributed by atoms with van der Waals surface area (Å²) >= 11 is 6.31. The predicted molar refractivity (Wildman–Crippen MR) is 224 cm³/mol. The number of carbonyl (C=O) groups excluding carboxylic acids is 5. The van der Waals surface area contributed by atoms with E-state index in [0.29, 0.717) is 40.8 Å². The molecule has 60 heavy (non-hydrogen) atoms. The molecule has 0 aliphatic carbocycles. The van der Waals surface area contributed by atoms with Crippen molar-refractivity contribution in [1.82, 2.24) is 20.0 Å². The van der Waals surface area contributed by atoms with Crippen LogP contribution in [0.3, 0.4) is 0 Å². The fourth-order valence-electron chi connectivity index (χ4n) is 10.2. The third-order valence-corrected chi connectivity index (χ3v) is 14.1. The van der Waals surface area contributed by atoms with Gasteiger partial charge < -0.3 is 19.6 Å². The van der Waals surface area contributed by atoms with Gasteiger partial charge in [0.1, 0.15) is 17.9 Å². The van der Waals surface area contributed by atoms with Gasteiger partial charge in [0.2, 0.25) is 11.8 Å². The Balaban J connectivity index is 0.725. The highest BCUT2D eigenvalue weighted by molar-refractivity contribution is 6.32. The summed E-state index contributed by atoms with van der Waals surface area (Å²) in [6.45, 7) is 8.52. The summed E-state index contributed by atoms with van der Waals surface area (Å²) in [4.78, 5) is 76.0. The minimum absolute atomic E-state index is 0.0800. The Labute approximate surface area is 353 Å². The van der Waals surface area contributed by atoms with Crippen molar-refractivity contribution < 1.29 is 28.4 Å². The molecule has 9 rings (SSSR count). The molecule has 1 atom stereocenters. The lowest BCUT2D eigenvalue weighted by molar-refractivity contribution is -0.136. The van der Waals surface area contributed by atoms with Gasteiger partial charge in [-0.25, -0.2) is 4.39 Å². The van der Waals surface area contributed by atoms with Crippen LogP contribution in [0.25, 0.3) is 0 Å². The van der Waals surface area contributed by atoms with Gasteiger partial charge >= 0.3 is 0 Å². The molecule has 6 heterocycles. The number of rotatable bonds is 7. The van der Waals surface area contributed by atoms with Gasteiger partial charge in [0, 0.05) is 95.4 Å². The van der Waals surface area contributed by atoms with E-state index in [-0.39, 0.29) is 41.1 Å². The highest BCUT2D eigenvalue weighted by Gasteiger charge is 2.45. The average Bonchev–Trinajstić information content (AvgIpc) is 3.78. The normalized spacial score (nSPS) is 22.4. The largest absolute Gasteiger partial charge is 0.371 e. The first-order chi connectivity index (χ1) is 29.0. The Morgan fingerprint density at radius 2 is 1.47 bits per heavy atom. The highest BCUT2D eigenvalue weighted by atomic mass is 35.5. The van der Waals surface area contributed by atoms with Crippen LogP contribution in [-0.4, -0.2) is 122 Å². The first kappa shape index (κ1) is 39.9. The van der Waals surface area contributed by atoms with E-state index in [1.165, 1.54) is 6.07 Å². The molecule has 6 aliphatic rings. The lowest BCUT2D eigenvalue weighted by Gasteiger charge is -2.40. The van der Waals surface area contributed by atoms with Gasteiger partial charge in [-0.1, -0.05) is 11.6 Å². The summed E-state index contributed by atoms with van der Waals surface area (Å²) in [6.07, 6.45) is 5.08. The van der Waals surface area contributed by atoms with Crippen molar-refractivity contribution in [2.45, 2.75) is 51.0 Å². The molecule has 5 fully saturated rings. The number of carbonyl (C=O) groups is 5. The molecule has 13 nitrogen and oxygen atoms in total. The summed E-state index contributed by atoms with van der Waals surface area (Å²) in [7, 11) is 0. The van der Waals surface area contributed by atoms with Gasteiger partial charge in [-0.3, -0.25) is 39.1 Å². The first-order valence-electron chi connectivity index (χ1n) is 21.1. The van der Waals surface area contributed by atoms with Gasteiger partial charge in [-0.05, 0) is 104 Å². The zero-order valence-corrected chi connectivity index (χ0v) is 34.3. The zero-order chi connectivity index (χ0) is 41.7. The Morgan fingerprint density at radius 1 is 0.783 bits per heavy atom. The van der Waals surface area contributed by atoms with Crippen LogP contribution in [0.4, 0.5) is 21.5 Å². The smallest absolute Gasteiger partial charge is 0.262 e. The molecule has 0 saturated carbocycles. The summed E-state index contributed by atoms with van der Waals surface area (Å²) in [5, 5.41) is 11.9. The lowest BCUT2D eigenvalue weighted by Crippen LogP contribution is -2.54.